The summed E-state index contributed by atoms with van der Waals surface area (Å²) in [6, 6.07) is 3.86. The van der Waals surface area contributed by atoms with Gasteiger partial charge in [-0.2, -0.15) is 0 Å². The summed E-state index contributed by atoms with van der Waals surface area (Å²) < 4.78 is 5.04. The highest BCUT2D eigenvalue weighted by atomic mass is 16.6. The molecule has 0 saturated carbocycles. The van der Waals surface area contributed by atoms with Gasteiger partial charge in [-0.05, 0) is 12.5 Å². The molecule has 0 spiro atoms. The van der Waals surface area contributed by atoms with Gasteiger partial charge in [-0.1, -0.05) is 6.92 Å². The number of ether oxygens (including phenoxy) is 1. The van der Waals surface area contributed by atoms with Crippen molar-refractivity contribution in [2.75, 3.05) is 20.2 Å². The lowest BCUT2D eigenvalue weighted by molar-refractivity contribution is -0.384. The Morgan fingerprint density at radius 3 is 2.70 bits per heavy atom. The van der Waals surface area contributed by atoms with Crippen LogP contribution in [0.4, 0.5) is 5.69 Å². The van der Waals surface area contributed by atoms with Gasteiger partial charge in [0, 0.05) is 6.07 Å². The molecule has 1 saturated heterocycles. The molecule has 0 bridgehead atoms. The van der Waals surface area contributed by atoms with Crippen molar-refractivity contribution in [1.29, 1.82) is 0 Å². The van der Waals surface area contributed by atoms with Crippen LogP contribution in [0.2, 0.25) is 0 Å². The number of nitrogens with zero attached hydrogens (tertiary/aromatic N) is 2. The fourth-order valence-electron chi connectivity index (χ4n) is 2.17. The highest BCUT2D eigenvalue weighted by molar-refractivity contribution is 5.98. The largest absolute Gasteiger partial charge is 0.496 e. The quantitative estimate of drug-likeness (QED) is 0.660. The minimum Gasteiger partial charge on any atom is -0.496 e. The molecule has 1 fully saturated rings. The summed E-state index contributed by atoms with van der Waals surface area (Å²) in [6.07, 6.45) is 0.578. The standard InChI is InChI=1S/C13H16N2O5/c1-3-13(17)7-14(8-13)12(16)10-5-4-9(15(18)19)6-11(10)20-2/h4-6,17H,3,7-8H2,1-2H3. The van der Waals surface area contributed by atoms with Crippen LogP contribution in [0.15, 0.2) is 18.2 Å². The maximum absolute atomic E-state index is 12.3. The molecule has 1 aliphatic rings. The van der Waals surface area contributed by atoms with E-state index in [2.05, 4.69) is 0 Å². The molecule has 1 heterocycles. The molecule has 7 nitrogen and oxygen atoms in total. The lowest BCUT2D eigenvalue weighted by Crippen LogP contribution is -2.63. The van der Waals surface area contributed by atoms with E-state index in [0.29, 0.717) is 6.42 Å². The van der Waals surface area contributed by atoms with Gasteiger partial charge >= 0.3 is 0 Å². The van der Waals surface area contributed by atoms with Crippen LogP contribution in [0.5, 0.6) is 5.75 Å². The van der Waals surface area contributed by atoms with Crippen LogP contribution in [-0.4, -0.2) is 46.6 Å². The SMILES string of the molecule is CCC1(O)CN(C(=O)c2ccc([N+](=O)[O-])cc2OC)C1. The Balaban J connectivity index is 2.21. The maximum atomic E-state index is 12.3. The minimum atomic E-state index is -0.816. The number of hydrogen-bond acceptors (Lipinski definition) is 5. The third-order valence-corrected chi connectivity index (χ3v) is 3.54. The topological polar surface area (TPSA) is 92.9 Å². The van der Waals surface area contributed by atoms with Crippen molar-refractivity contribution >= 4 is 11.6 Å². The fraction of sp³-hybridized carbons (Fsp3) is 0.462. The van der Waals surface area contributed by atoms with E-state index in [4.69, 9.17) is 4.74 Å². The lowest BCUT2D eigenvalue weighted by atomic mass is 9.90. The Labute approximate surface area is 115 Å². The van der Waals surface area contributed by atoms with Crippen molar-refractivity contribution in [3.63, 3.8) is 0 Å². The van der Waals surface area contributed by atoms with Crippen LogP contribution in [-0.2, 0) is 0 Å². The van der Waals surface area contributed by atoms with E-state index in [1.807, 2.05) is 6.92 Å². The monoisotopic (exact) mass is 280 g/mol. The third-order valence-electron chi connectivity index (χ3n) is 3.54. The number of nitro groups is 1. The molecule has 7 heteroatoms. The first-order valence-electron chi connectivity index (χ1n) is 6.24. The lowest BCUT2D eigenvalue weighted by Gasteiger charge is -2.46. The summed E-state index contributed by atoms with van der Waals surface area (Å²) in [5.74, 6) is -0.133. The van der Waals surface area contributed by atoms with Crippen LogP contribution in [0.3, 0.4) is 0 Å². The summed E-state index contributed by atoms with van der Waals surface area (Å²) >= 11 is 0. The van der Waals surface area contributed by atoms with Gasteiger partial charge in [-0.3, -0.25) is 14.9 Å². The maximum Gasteiger partial charge on any atom is 0.273 e. The highest BCUT2D eigenvalue weighted by Crippen LogP contribution is 2.30. The van der Waals surface area contributed by atoms with Crippen molar-refractivity contribution < 1.29 is 19.6 Å². The summed E-state index contributed by atoms with van der Waals surface area (Å²) in [7, 11) is 1.36. The molecule has 1 N–H and O–H groups in total. The summed E-state index contributed by atoms with van der Waals surface area (Å²) in [5.41, 5.74) is -0.688. The Hall–Kier alpha value is -2.15. The molecule has 0 unspecified atom stereocenters. The normalized spacial score (nSPS) is 16.4. The second kappa shape index (κ2) is 5.09. The first-order chi connectivity index (χ1) is 9.40. The number of non-ortho nitro benzene ring substituents is 1. The summed E-state index contributed by atoms with van der Waals surface area (Å²) in [6.45, 7) is 2.39. The molecule has 108 valence electrons. The molecular formula is C13H16N2O5. The van der Waals surface area contributed by atoms with Gasteiger partial charge in [0.2, 0.25) is 0 Å². The molecule has 1 aromatic carbocycles. The molecule has 2 rings (SSSR count). The van der Waals surface area contributed by atoms with Gasteiger partial charge in [0.25, 0.3) is 11.6 Å². The van der Waals surface area contributed by atoms with Crippen molar-refractivity contribution in [1.82, 2.24) is 4.90 Å². The van der Waals surface area contributed by atoms with Crippen LogP contribution in [0, 0.1) is 10.1 Å². The van der Waals surface area contributed by atoms with Crippen molar-refractivity contribution in [3.8, 4) is 5.75 Å². The van der Waals surface area contributed by atoms with E-state index in [1.54, 1.807) is 0 Å². The van der Waals surface area contributed by atoms with Crippen molar-refractivity contribution in [2.24, 2.45) is 0 Å². The number of carbonyl (C=O) groups is 1. The number of β-amino-alcohol motifs (C(OH)–C–C–N with tert-alkyl or cyclic N) is 1. The average molecular weight is 280 g/mol. The van der Waals surface area contributed by atoms with Gasteiger partial charge < -0.3 is 14.7 Å². The van der Waals surface area contributed by atoms with Gasteiger partial charge in [0.1, 0.15) is 5.75 Å². The number of benzene rings is 1. The first-order valence-corrected chi connectivity index (χ1v) is 6.24. The molecule has 1 aromatic rings. The zero-order valence-corrected chi connectivity index (χ0v) is 11.3. The first kappa shape index (κ1) is 14.3. The van der Waals surface area contributed by atoms with Crippen molar-refractivity contribution in [2.45, 2.75) is 18.9 Å². The van der Waals surface area contributed by atoms with Gasteiger partial charge in [-0.25, -0.2) is 0 Å². The molecule has 0 atom stereocenters. The summed E-state index contributed by atoms with van der Waals surface area (Å²) in [5, 5.41) is 20.6. The molecule has 1 amide bonds. The van der Waals surface area contributed by atoms with Gasteiger partial charge in [-0.15, -0.1) is 0 Å². The molecule has 0 aromatic heterocycles. The van der Waals surface area contributed by atoms with E-state index in [1.165, 1.54) is 30.2 Å². The fourth-order valence-corrected chi connectivity index (χ4v) is 2.17. The Bertz CT molecular complexity index is 552. The van der Waals surface area contributed by atoms with E-state index >= 15 is 0 Å². The number of carbonyl (C=O) groups excluding carboxylic acids is 1. The Kier molecular flexibility index (Phi) is 3.63. The van der Waals surface area contributed by atoms with Crippen LogP contribution in [0.1, 0.15) is 23.7 Å². The van der Waals surface area contributed by atoms with E-state index < -0.39 is 10.5 Å². The number of amides is 1. The second-order valence-electron chi connectivity index (χ2n) is 4.88. The number of methoxy groups -OCH3 is 1. The predicted molar refractivity (Wildman–Crippen MR) is 70.8 cm³/mol. The minimum absolute atomic E-state index is 0.132. The van der Waals surface area contributed by atoms with E-state index in [-0.39, 0.29) is 36.0 Å². The number of likely N-dealkylation sites (tertiary alicyclic amines) is 1. The van der Waals surface area contributed by atoms with E-state index in [9.17, 15) is 20.0 Å². The molecule has 0 aliphatic carbocycles. The molecule has 1 aliphatic heterocycles. The Morgan fingerprint density at radius 2 is 2.20 bits per heavy atom. The van der Waals surface area contributed by atoms with Crippen LogP contribution >= 0.6 is 0 Å². The molecular weight excluding hydrogens is 264 g/mol. The van der Waals surface area contributed by atoms with Gasteiger partial charge in [0.15, 0.2) is 0 Å². The van der Waals surface area contributed by atoms with Gasteiger partial charge in [0.05, 0.1) is 42.4 Å². The number of rotatable bonds is 4. The van der Waals surface area contributed by atoms with E-state index in [0.717, 1.165) is 0 Å². The number of hydrogen-bond donors (Lipinski definition) is 1. The van der Waals surface area contributed by atoms with Crippen molar-refractivity contribution in [3.05, 3.63) is 33.9 Å². The highest BCUT2D eigenvalue weighted by Gasteiger charge is 2.42. The second-order valence-corrected chi connectivity index (χ2v) is 4.88. The Morgan fingerprint density at radius 1 is 1.55 bits per heavy atom. The zero-order valence-electron chi connectivity index (χ0n) is 11.3. The predicted octanol–water partition coefficient (Wildman–Crippen LogP) is 1.20. The zero-order chi connectivity index (χ0) is 14.9. The average Bonchev–Trinajstić information content (AvgIpc) is 2.42. The number of nitro benzene ring substituents is 1. The molecule has 0 radical (unpaired) electrons. The molecule has 20 heavy (non-hydrogen) atoms. The summed E-state index contributed by atoms with van der Waals surface area (Å²) in [4.78, 5) is 23.9. The number of aliphatic hydroxyl groups is 1. The van der Waals surface area contributed by atoms with Crippen LogP contribution < -0.4 is 4.74 Å². The third kappa shape index (κ3) is 2.44. The smallest absolute Gasteiger partial charge is 0.273 e. The van der Waals surface area contributed by atoms with Crippen LogP contribution in [0.25, 0.3) is 0 Å².